The first kappa shape index (κ1) is 15.1. The molecule has 0 saturated carbocycles. The number of Topliss-reactive ketones (excluding diaryl/α,β-unsaturated/α-hetero) is 1. The number of aromatic hydroxyl groups is 1. The Morgan fingerprint density at radius 3 is 2.26 bits per heavy atom. The molecule has 0 bridgehead atoms. The van der Waals surface area contributed by atoms with Gasteiger partial charge in [0.2, 0.25) is 5.78 Å². The van der Waals surface area contributed by atoms with Crippen LogP contribution in [0.15, 0.2) is 51.9 Å². The van der Waals surface area contributed by atoms with Crippen LogP contribution in [0.1, 0.15) is 19.4 Å². The summed E-state index contributed by atoms with van der Waals surface area (Å²) in [7, 11) is 3.72. The fourth-order valence-electron chi connectivity index (χ4n) is 2.81. The summed E-state index contributed by atoms with van der Waals surface area (Å²) in [6.07, 6.45) is 1.87. The van der Waals surface area contributed by atoms with Crippen LogP contribution in [0.3, 0.4) is 0 Å². The molecule has 3 rings (SSSR count). The minimum Gasteiger partial charge on any atom is -0.507 e. The Balaban J connectivity index is 2.09. The van der Waals surface area contributed by atoms with Gasteiger partial charge in [-0.2, -0.15) is 0 Å². The summed E-state index contributed by atoms with van der Waals surface area (Å²) >= 11 is 0. The van der Waals surface area contributed by atoms with Crippen molar-refractivity contribution in [1.29, 1.82) is 0 Å². The lowest BCUT2D eigenvalue weighted by atomic mass is 9.81. The van der Waals surface area contributed by atoms with E-state index < -0.39 is 0 Å². The molecule has 0 radical (unpaired) electrons. The summed E-state index contributed by atoms with van der Waals surface area (Å²) in [5.41, 5.74) is 3.68. The van der Waals surface area contributed by atoms with Gasteiger partial charge < -0.3 is 15.1 Å². The molecule has 0 saturated heterocycles. The number of hydrogen-bond acceptors (Lipinski definition) is 5. The Kier molecular flexibility index (Phi) is 3.36. The number of aliphatic imine (C=N–C) groups is 1. The number of allylic oxidation sites excluding steroid dienone is 4. The van der Waals surface area contributed by atoms with Gasteiger partial charge in [-0.05, 0) is 37.6 Å². The predicted molar refractivity (Wildman–Crippen MR) is 90.9 cm³/mol. The van der Waals surface area contributed by atoms with Gasteiger partial charge in [-0.3, -0.25) is 9.79 Å². The minimum atomic E-state index is -0.295. The zero-order valence-electron chi connectivity index (χ0n) is 13.5. The number of nitrogens with zero attached hydrogens (tertiary/aromatic N) is 2. The first-order valence-corrected chi connectivity index (χ1v) is 7.28. The minimum absolute atomic E-state index is 0.0338. The molecule has 118 valence electrons. The van der Waals surface area contributed by atoms with Crippen LogP contribution in [0.5, 0.6) is 5.75 Å². The van der Waals surface area contributed by atoms with Gasteiger partial charge in [0.05, 0.1) is 16.8 Å². The number of hydrogen-bond donors (Lipinski definition) is 2. The second-order valence-electron chi connectivity index (χ2n) is 5.95. The van der Waals surface area contributed by atoms with E-state index in [2.05, 4.69) is 4.99 Å². The monoisotopic (exact) mass is 310 g/mol. The molecule has 0 spiro atoms. The Hall–Kier alpha value is -2.82. The lowest BCUT2D eigenvalue weighted by Gasteiger charge is -2.24. The molecule has 0 aromatic heterocycles. The lowest BCUT2D eigenvalue weighted by molar-refractivity contribution is -0.111. The molecular formula is C18H18N2O3. The van der Waals surface area contributed by atoms with Crippen molar-refractivity contribution in [2.24, 2.45) is 4.99 Å². The van der Waals surface area contributed by atoms with Gasteiger partial charge >= 0.3 is 0 Å². The molecule has 0 atom stereocenters. The average Bonchev–Trinajstić information content (AvgIpc) is 2.79. The molecule has 0 fully saturated rings. The third-order valence-electron chi connectivity index (χ3n) is 4.02. The van der Waals surface area contributed by atoms with E-state index in [1.54, 1.807) is 18.2 Å². The number of anilines is 1. The van der Waals surface area contributed by atoms with Crippen LogP contribution in [0.2, 0.25) is 0 Å². The first-order chi connectivity index (χ1) is 10.8. The number of rotatable bonds is 2. The van der Waals surface area contributed by atoms with Crippen LogP contribution in [-0.2, 0) is 4.79 Å². The molecule has 5 heteroatoms. The van der Waals surface area contributed by atoms with E-state index in [0.717, 1.165) is 17.0 Å². The Morgan fingerprint density at radius 1 is 1.09 bits per heavy atom. The maximum Gasteiger partial charge on any atom is 0.203 e. The van der Waals surface area contributed by atoms with Crippen LogP contribution >= 0.6 is 0 Å². The van der Waals surface area contributed by atoms with Crippen molar-refractivity contribution in [3.63, 3.8) is 0 Å². The van der Waals surface area contributed by atoms with Gasteiger partial charge in [0.15, 0.2) is 0 Å². The smallest absolute Gasteiger partial charge is 0.203 e. The van der Waals surface area contributed by atoms with Crippen molar-refractivity contribution >= 4 is 22.8 Å². The highest BCUT2D eigenvalue weighted by molar-refractivity contribution is 6.40. The molecule has 5 nitrogen and oxygen atoms in total. The Labute approximate surface area is 134 Å². The molecular weight excluding hydrogens is 292 g/mol. The highest BCUT2D eigenvalue weighted by Gasteiger charge is 2.39. The SMILES string of the molecule is CC1=CC(C)=NC1=C1C(=O)C(c2ccc(N(C)C)cc2O)=C1O. The van der Waals surface area contributed by atoms with Crippen LogP contribution < -0.4 is 4.90 Å². The van der Waals surface area contributed by atoms with E-state index in [4.69, 9.17) is 0 Å². The van der Waals surface area contributed by atoms with E-state index >= 15 is 0 Å². The number of aliphatic hydroxyl groups is 1. The number of carbonyl (C=O) groups excluding carboxylic acids is 1. The molecule has 1 heterocycles. The molecule has 23 heavy (non-hydrogen) atoms. The van der Waals surface area contributed by atoms with Crippen molar-refractivity contribution in [3.05, 3.63) is 52.4 Å². The summed E-state index contributed by atoms with van der Waals surface area (Å²) in [5.74, 6) is -0.436. The maximum absolute atomic E-state index is 12.5. The average molecular weight is 310 g/mol. The van der Waals surface area contributed by atoms with E-state index in [1.165, 1.54) is 0 Å². The second kappa shape index (κ2) is 5.12. The number of phenols is 1. The second-order valence-corrected chi connectivity index (χ2v) is 5.95. The van der Waals surface area contributed by atoms with Gasteiger partial charge in [-0.1, -0.05) is 0 Å². The van der Waals surface area contributed by atoms with Crippen molar-refractivity contribution in [2.75, 3.05) is 19.0 Å². The third-order valence-corrected chi connectivity index (χ3v) is 4.02. The molecule has 0 unspecified atom stereocenters. The highest BCUT2D eigenvalue weighted by Crippen LogP contribution is 2.43. The predicted octanol–water partition coefficient (Wildman–Crippen LogP) is 2.98. The molecule has 0 amide bonds. The maximum atomic E-state index is 12.5. The zero-order valence-corrected chi connectivity index (χ0v) is 13.5. The number of aliphatic hydroxyl groups excluding tert-OH is 1. The Bertz CT molecular complexity index is 855. The van der Waals surface area contributed by atoms with Crippen LogP contribution in [0, 0.1) is 0 Å². The molecule has 1 aromatic rings. The summed E-state index contributed by atoms with van der Waals surface area (Å²) in [4.78, 5) is 18.6. The lowest BCUT2D eigenvalue weighted by Crippen LogP contribution is -2.23. The van der Waals surface area contributed by atoms with Gasteiger partial charge in [0, 0.05) is 37.1 Å². The number of phenolic OH excluding ortho intramolecular Hbond substituents is 1. The topological polar surface area (TPSA) is 73.1 Å². The van der Waals surface area contributed by atoms with E-state index in [1.807, 2.05) is 38.9 Å². The highest BCUT2D eigenvalue weighted by atomic mass is 16.3. The molecule has 2 aliphatic rings. The fraction of sp³-hybridized carbons (Fsp3) is 0.222. The van der Waals surface area contributed by atoms with Gasteiger partial charge in [-0.25, -0.2) is 0 Å². The zero-order chi connectivity index (χ0) is 16.9. The van der Waals surface area contributed by atoms with Crippen molar-refractivity contribution < 1.29 is 15.0 Å². The first-order valence-electron chi connectivity index (χ1n) is 7.28. The van der Waals surface area contributed by atoms with Gasteiger partial charge in [0.1, 0.15) is 11.5 Å². The van der Waals surface area contributed by atoms with Gasteiger partial charge in [-0.15, -0.1) is 0 Å². The third kappa shape index (κ3) is 2.25. The molecule has 1 aliphatic heterocycles. The van der Waals surface area contributed by atoms with Crippen LogP contribution in [-0.4, -0.2) is 35.8 Å². The summed E-state index contributed by atoms with van der Waals surface area (Å²) in [6, 6.07) is 5.00. The van der Waals surface area contributed by atoms with Gasteiger partial charge in [0.25, 0.3) is 0 Å². The Morgan fingerprint density at radius 2 is 1.78 bits per heavy atom. The summed E-state index contributed by atoms with van der Waals surface area (Å²) in [5, 5.41) is 20.5. The standard InChI is InChI=1S/C18H18N2O3/c1-9-7-10(2)19-16(9)15-17(22)14(18(15)23)12-6-5-11(20(3)4)8-13(12)21/h5-8,21-22H,1-4H3. The fourth-order valence-corrected chi connectivity index (χ4v) is 2.81. The largest absolute Gasteiger partial charge is 0.507 e. The van der Waals surface area contributed by atoms with Crippen molar-refractivity contribution in [2.45, 2.75) is 13.8 Å². The quantitative estimate of drug-likeness (QED) is 0.824. The van der Waals surface area contributed by atoms with Crippen molar-refractivity contribution in [3.8, 4) is 5.75 Å². The molecule has 1 aliphatic carbocycles. The molecule has 2 N–H and O–H groups in total. The number of carbonyl (C=O) groups is 1. The van der Waals surface area contributed by atoms with Crippen LogP contribution in [0.4, 0.5) is 5.69 Å². The van der Waals surface area contributed by atoms with Crippen LogP contribution in [0.25, 0.3) is 5.57 Å². The summed E-state index contributed by atoms with van der Waals surface area (Å²) < 4.78 is 0. The number of ketones is 1. The number of benzene rings is 1. The normalized spacial score (nSPS) is 20.4. The van der Waals surface area contributed by atoms with E-state index in [-0.39, 0.29) is 28.4 Å². The van der Waals surface area contributed by atoms with E-state index in [9.17, 15) is 15.0 Å². The van der Waals surface area contributed by atoms with E-state index in [0.29, 0.717) is 11.3 Å². The summed E-state index contributed by atoms with van der Waals surface area (Å²) in [6.45, 7) is 3.69. The molecule has 1 aromatic carbocycles. The van der Waals surface area contributed by atoms with Crippen molar-refractivity contribution in [1.82, 2.24) is 0 Å².